The van der Waals surface area contributed by atoms with Crippen LogP contribution in [0.2, 0.25) is 10.6 Å². The largest absolute Gasteiger partial charge is 0.453 e. The highest BCUT2D eigenvalue weighted by molar-refractivity contribution is 6.31. The molecule has 5 rings (SSSR count). The van der Waals surface area contributed by atoms with Gasteiger partial charge in [0.15, 0.2) is 17.3 Å². The minimum absolute atomic E-state index is 0.0419. The lowest BCUT2D eigenvalue weighted by atomic mass is 9.99. The van der Waals surface area contributed by atoms with Gasteiger partial charge < -0.3 is 4.74 Å². The predicted octanol–water partition coefficient (Wildman–Crippen LogP) is 5.63. The van der Waals surface area contributed by atoms with Crippen LogP contribution in [0.25, 0.3) is 22.2 Å². The smallest absolute Gasteiger partial charge is 0.227 e. The van der Waals surface area contributed by atoms with Crippen LogP contribution in [0.3, 0.4) is 0 Å². The standard InChI is InChI=1S/C23H19Cl2N5O/c1-3-30(4-2)13-9-10-17-18(11-13)31-19-12-16(21-27-22(24)29-23(25)28-21)14-7-5-6-8-15(14)20(19)26-17/h5-13H,3-4H2,1-2H3. The second-order valence-electron chi connectivity index (χ2n) is 7.21. The topological polar surface area (TPSA) is 63.5 Å². The Labute approximate surface area is 189 Å². The third-order valence-electron chi connectivity index (χ3n) is 5.51. The van der Waals surface area contributed by atoms with Gasteiger partial charge in [0.1, 0.15) is 11.4 Å². The summed E-state index contributed by atoms with van der Waals surface area (Å²) in [6, 6.07) is 10.0. The van der Waals surface area contributed by atoms with Crippen LogP contribution in [0.15, 0.2) is 59.3 Å². The number of hydrogen-bond donors (Lipinski definition) is 0. The van der Waals surface area contributed by atoms with Crippen molar-refractivity contribution in [1.82, 2.24) is 19.9 Å². The van der Waals surface area contributed by atoms with Crippen molar-refractivity contribution in [3.63, 3.8) is 0 Å². The molecule has 0 spiro atoms. The fraction of sp³-hybridized carbons (Fsp3) is 0.217. The molecule has 3 aromatic rings. The summed E-state index contributed by atoms with van der Waals surface area (Å²) in [5, 5.41) is 1.95. The normalized spacial score (nSPS) is 17.1. The maximum absolute atomic E-state index is 6.35. The number of halogens is 2. The monoisotopic (exact) mass is 451 g/mol. The zero-order valence-electron chi connectivity index (χ0n) is 17.0. The Morgan fingerprint density at radius 3 is 2.42 bits per heavy atom. The van der Waals surface area contributed by atoms with E-state index in [-0.39, 0.29) is 16.6 Å². The molecule has 156 valence electrons. The van der Waals surface area contributed by atoms with Crippen molar-refractivity contribution in [2.75, 3.05) is 13.1 Å². The van der Waals surface area contributed by atoms with E-state index in [0.29, 0.717) is 11.6 Å². The lowest BCUT2D eigenvalue weighted by Gasteiger charge is -2.29. The van der Waals surface area contributed by atoms with E-state index >= 15 is 0 Å². The van der Waals surface area contributed by atoms with Crippen LogP contribution < -0.4 is 4.74 Å². The lowest BCUT2D eigenvalue weighted by Crippen LogP contribution is -2.35. The second-order valence-corrected chi connectivity index (χ2v) is 7.89. The van der Waals surface area contributed by atoms with Gasteiger partial charge >= 0.3 is 0 Å². The second kappa shape index (κ2) is 8.04. The molecule has 1 aromatic heterocycles. The summed E-state index contributed by atoms with van der Waals surface area (Å²) in [4.78, 5) is 19.7. The highest BCUT2D eigenvalue weighted by Crippen LogP contribution is 2.45. The Morgan fingerprint density at radius 1 is 1.00 bits per heavy atom. The molecular weight excluding hydrogens is 433 g/mol. The van der Waals surface area contributed by atoms with E-state index < -0.39 is 0 Å². The van der Waals surface area contributed by atoms with E-state index in [4.69, 9.17) is 32.9 Å². The molecule has 2 heterocycles. The summed E-state index contributed by atoms with van der Waals surface area (Å²) in [5.74, 6) is 1.78. The summed E-state index contributed by atoms with van der Waals surface area (Å²) in [6.45, 7) is 6.21. The Hall–Kier alpha value is -2.80. The maximum atomic E-state index is 6.35. The molecule has 31 heavy (non-hydrogen) atoms. The third kappa shape index (κ3) is 3.61. The minimum Gasteiger partial charge on any atom is -0.453 e. The van der Waals surface area contributed by atoms with Gasteiger partial charge in [-0.1, -0.05) is 44.2 Å². The van der Waals surface area contributed by atoms with Gasteiger partial charge in [-0.3, -0.25) is 4.90 Å². The number of benzene rings is 2. The first-order valence-electron chi connectivity index (χ1n) is 10.1. The van der Waals surface area contributed by atoms with Crippen LogP contribution in [-0.4, -0.2) is 44.7 Å². The zero-order valence-corrected chi connectivity index (χ0v) is 18.5. The first-order chi connectivity index (χ1) is 15.1. The molecule has 2 aromatic carbocycles. The van der Waals surface area contributed by atoms with Crippen molar-refractivity contribution < 1.29 is 4.74 Å². The molecule has 1 aliphatic heterocycles. The first-order valence-corrected chi connectivity index (χ1v) is 10.9. The number of aromatic nitrogens is 3. The van der Waals surface area contributed by atoms with E-state index in [1.54, 1.807) is 0 Å². The Balaban J connectivity index is 1.68. The van der Waals surface area contributed by atoms with Crippen molar-refractivity contribution >= 4 is 45.4 Å². The van der Waals surface area contributed by atoms with Gasteiger partial charge in [-0.15, -0.1) is 0 Å². The van der Waals surface area contributed by atoms with Crippen LogP contribution in [0.1, 0.15) is 13.8 Å². The number of nitrogens with zero attached hydrogens (tertiary/aromatic N) is 5. The first kappa shape index (κ1) is 20.1. The Kier molecular flexibility index (Phi) is 5.22. The van der Waals surface area contributed by atoms with Gasteiger partial charge in [-0.2, -0.15) is 15.0 Å². The minimum atomic E-state index is 0.0419. The number of fused-ring (bicyclic) bond motifs is 4. The highest BCUT2D eigenvalue weighted by Gasteiger charge is 2.26. The Morgan fingerprint density at radius 2 is 1.71 bits per heavy atom. The lowest BCUT2D eigenvalue weighted by molar-refractivity contribution is 0.283. The summed E-state index contributed by atoms with van der Waals surface area (Å²) in [6.07, 6.45) is 6.31. The molecule has 1 atom stereocenters. The van der Waals surface area contributed by atoms with Crippen molar-refractivity contribution in [3.8, 4) is 17.1 Å². The molecule has 0 saturated heterocycles. The molecule has 8 heteroatoms. The van der Waals surface area contributed by atoms with E-state index in [1.165, 1.54) is 0 Å². The molecule has 1 unspecified atom stereocenters. The Bertz CT molecular complexity index is 1260. The molecule has 0 amide bonds. The molecule has 0 radical (unpaired) electrons. The zero-order chi connectivity index (χ0) is 21.5. The summed E-state index contributed by atoms with van der Waals surface area (Å²) in [7, 11) is 0. The molecular formula is C23H19Cl2N5O. The fourth-order valence-corrected chi connectivity index (χ4v) is 4.38. The van der Waals surface area contributed by atoms with Crippen molar-refractivity contribution in [2.45, 2.75) is 19.9 Å². The van der Waals surface area contributed by atoms with Gasteiger partial charge in [0, 0.05) is 10.9 Å². The molecule has 0 N–H and O–H groups in total. The number of ether oxygens (including phenoxy) is 1. The fourth-order valence-electron chi connectivity index (χ4n) is 4.02. The van der Waals surface area contributed by atoms with E-state index in [0.717, 1.165) is 46.6 Å². The van der Waals surface area contributed by atoms with Crippen molar-refractivity contribution in [2.24, 2.45) is 4.99 Å². The summed E-state index contributed by atoms with van der Waals surface area (Å²) in [5.41, 5.74) is 2.36. The predicted molar refractivity (Wildman–Crippen MR) is 124 cm³/mol. The molecule has 0 saturated carbocycles. The highest BCUT2D eigenvalue weighted by atomic mass is 35.5. The number of likely N-dealkylation sites (N-methyl/N-ethyl adjacent to an activating group) is 1. The number of aliphatic imine (C=N–C) groups is 1. The maximum Gasteiger partial charge on any atom is 0.227 e. The van der Waals surface area contributed by atoms with E-state index in [9.17, 15) is 0 Å². The van der Waals surface area contributed by atoms with Crippen molar-refractivity contribution in [1.29, 1.82) is 0 Å². The van der Waals surface area contributed by atoms with Gasteiger partial charge in [-0.05, 0) is 59.9 Å². The quantitative estimate of drug-likeness (QED) is 0.514. The van der Waals surface area contributed by atoms with Gasteiger partial charge in [-0.25, -0.2) is 4.99 Å². The van der Waals surface area contributed by atoms with Crippen LogP contribution in [0.5, 0.6) is 5.75 Å². The average Bonchev–Trinajstić information content (AvgIpc) is 2.77. The number of allylic oxidation sites excluding steroid dienone is 1. The van der Waals surface area contributed by atoms with Gasteiger partial charge in [0.2, 0.25) is 10.6 Å². The van der Waals surface area contributed by atoms with Gasteiger partial charge in [0.25, 0.3) is 0 Å². The third-order valence-corrected chi connectivity index (χ3v) is 5.85. The summed E-state index contributed by atoms with van der Waals surface area (Å²) >= 11 is 12.1. The molecule has 6 nitrogen and oxygen atoms in total. The van der Waals surface area contributed by atoms with Gasteiger partial charge in [0.05, 0.1) is 6.04 Å². The molecule has 1 aliphatic carbocycles. The SMILES string of the molecule is CCN(CC)C1C=CC2=Nc3c(cc(-c4nc(Cl)nc(Cl)n4)c4ccccc34)OC2=C1. The van der Waals surface area contributed by atoms with Crippen LogP contribution in [0.4, 0.5) is 5.69 Å². The molecule has 0 fully saturated rings. The van der Waals surface area contributed by atoms with Crippen molar-refractivity contribution in [3.05, 3.63) is 64.9 Å². The number of hydrogen-bond acceptors (Lipinski definition) is 6. The van der Waals surface area contributed by atoms with E-state index in [2.05, 4.69) is 45.9 Å². The molecule has 2 aliphatic rings. The number of rotatable bonds is 4. The average molecular weight is 452 g/mol. The summed E-state index contributed by atoms with van der Waals surface area (Å²) < 4.78 is 6.35. The van der Waals surface area contributed by atoms with Crippen LogP contribution in [0, 0.1) is 0 Å². The molecule has 0 bridgehead atoms. The van der Waals surface area contributed by atoms with Crippen LogP contribution in [-0.2, 0) is 0 Å². The van der Waals surface area contributed by atoms with E-state index in [1.807, 2.05) is 36.4 Å². The van der Waals surface area contributed by atoms with Crippen LogP contribution >= 0.6 is 23.2 Å².